The van der Waals surface area contributed by atoms with Crippen LogP contribution in [-0.2, 0) is 0 Å². The van der Waals surface area contributed by atoms with Gasteiger partial charge in [0.1, 0.15) is 0 Å². The number of aromatic nitrogens is 2. The molecule has 0 saturated carbocycles. The van der Waals surface area contributed by atoms with Gasteiger partial charge in [0.25, 0.3) is 0 Å². The van der Waals surface area contributed by atoms with Gasteiger partial charge in [-0.05, 0) is 30.3 Å². The minimum atomic E-state index is 0.389. The van der Waals surface area contributed by atoms with Crippen LogP contribution in [0.2, 0.25) is 10.0 Å². The Morgan fingerprint density at radius 2 is 1.83 bits per heavy atom. The SMILES string of the molecule is Nc1nc2cc(Cl)ccc2n1-c1ccccc1Cl. The molecule has 0 amide bonds. The van der Waals surface area contributed by atoms with E-state index >= 15 is 0 Å². The average Bonchev–Trinajstić information content (AvgIpc) is 2.65. The number of halogens is 2. The largest absolute Gasteiger partial charge is 0.369 e. The molecule has 0 aliphatic heterocycles. The molecule has 18 heavy (non-hydrogen) atoms. The van der Waals surface area contributed by atoms with Crippen molar-refractivity contribution in [1.82, 2.24) is 9.55 Å². The summed E-state index contributed by atoms with van der Waals surface area (Å²) in [6.45, 7) is 0. The fourth-order valence-electron chi connectivity index (χ4n) is 1.96. The predicted octanol–water partition coefficient (Wildman–Crippen LogP) is 3.91. The topological polar surface area (TPSA) is 43.8 Å². The third kappa shape index (κ3) is 1.72. The maximum Gasteiger partial charge on any atom is 0.205 e. The molecule has 0 spiro atoms. The molecule has 0 aliphatic carbocycles. The molecule has 0 unspecified atom stereocenters. The molecule has 0 radical (unpaired) electrons. The Balaban J connectivity index is 2.36. The van der Waals surface area contributed by atoms with Crippen molar-refractivity contribution in [3.05, 3.63) is 52.5 Å². The van der Waals surface area contributed by atoms with Crippen LogP contribution in [0.4, 0.5) is 5.95 Å². The highest BCUT2D eigenvalue weighted by Crippen LogP contribution is 2.28. The normalized spacial score (nSPS) is 11.0. The fraction of sp³-hybridized carbons (Fsp3) is 0. The quantitative estimate of drug-likeness (QED) is 0.733. The second kappa shape index (κ2) is 4.19. The van der Waals surface area contributed by atoms with E-state index in [4.69, 9.17) is 28.9 Å². The summed E-state index contributed by atoms with van der Waals surface area (Å²) in [5, 5.41) is 1.25. The van der Waals surface area contributed by atoms with E-state index in [0.717, 1.165) is 16.7 Å². The summed E-state index contributed by atoms with van der Waals surface area (Å²) in [6.07, 6.45) is 0. The van der Waals surface area contributed by atoms with Gasteiger partial charge in [-0.15, -0.1) is 0 Å². The van der Waals surface area contributed by atoms with Crippen LogP contribution >= 0.6 is 23.2 Å². The molecule has 0 bridgehead atoms. The number of para-hydroxylation sites is 1. The van der Waals surface area contributed by atoms with Crippen molar-refractivity contribution in [1.29, 1.82) is 0 Å². The number of hydrogen-bond donors (Lipinski definition) is 1. The Hall–Kier alpha value is -1.71. The standard InChI is InChI=1S/C13H9Cl2N3/c14-8-5-6-12-10(7-8)17-13(16)18(12)11-4-2-1-3-9(11)15/h1-7H,(H2,16,17). The van der Waals surface area contributed by atoms with Crippen molar-refractivity contribution in [3.63, 3.8) is 0 Å². The highest BCUT2D eigenvalue weighted by atomic mass is 35.5. The second-order valence-corrected chi connectivity index (χ2v) is 4.73. The van der Waals surface area contributed by atoms with Gasteiger partial charge in [-0.1, -0.05) is 35.3 Å². The van der Waals surface area contributed by atoms with E-state index < -0.39 is 0 Å². The molecule has 2 N–H and O–H groups in total. The Morgan fingerprint density at radius 1 is 1.06 bits per heavy atom. The Morgan fingerprint density at radius 3 is 2.61 bits per heavy atom. The summed E-state index contributed by atoms with van der Waals surface area (Å²) < 4.78 is 1.81. The predicted molar refractivity (Wildman–Crippen MR) is 75.5 cm³/mol. The van der Waals surface area contributed by atoms with Crippen molar-refractivity contribution in [3.8, 4) is 5.69 Å². The van der Waals surface area contributed by atoms with Crippen molar-refractivity contribution >= 4 is 40.2 Å². The van der Waals surface area contributed by atoms with E-state index in [1.165, 1.54) is 0 Å². The monoisotopic (exact) mass is 277 g/mol. The van der Waals surface area contributed by atoms with Crippen molar-refractivity contribution < 1.29 is 0 Å². The number of rotatable bonds is 1. The zero-order valence-corrected chi connectivity index (χ0v) is 10.8. The first kappa shape index (κ1) is 11.4. The first-order chi connectivity index (χ1) is 8.66. The molecule has 3 aromatic rings. The van der Waals surface area contributed by atoms with Gasteiger partial charge in [0.2, 0.25) is 5.95 Å². The summed E-state index contributed by atoms with van der Waals surface area (Å²) in [5.74, 6) is 0.389. The van der Waals surface area contributed by atoms with Crippen LogP contribution in [0.5, 0.6) is 0 Å². The molecular formula is C13H9Cl2N3. The van der Waals surface area contributed by atoms with E-state index in [1.54, 1.807) is 12.1 Å². The van der Waals surface area contributed by atoms with Crippen LogP contribution in [0.3, 0.4) is 0 Å². The highest BCUT2D eigenvalue weighted by molar-refractivity contribution is 6.32. The van der Waals surface area contributed by atoms with E-state index in [9.17, 15) is 0 Å². The molecule has 3 nitrogen and oxygen atoms in total. The van der Waals surface area contributed by atoms with Gasteiger partial charge in [0, 0.05) is 5.02 Å². The number of fused-ring (bicyclic) bond motifs is 1. The van der Waals surface area contributed by atoms with Gasteiger partial charge in [-0.3, -0.25) is 4.57 Å². The van der Waals surface area contributed by atoms with E-state index in [0.29, 0.717) is 16.0 Å². The first-order valence-electron chi connectivity index (χ1n) is 5.35. The van der Waals surface area contributed by atoms with Gasteiger partial charge < -0.3 is 5.73 Å². The summed E-state index contributed by atoms with van der Waals surface area (Å²) in [7, 11) is 0. The van der Waals surface area contributed by atoms with E-state index in [1.807, 2.05) is 34.9 Å². The molecular weight excluding hydrogens is 269 g/mol. The smallest absolute Gasteiger partial charge is 0.205 e. The third-order valence-corrected chi connectivity index (χ3v) is 3.29. The minimum Gasteiger partial charge on any atom is -0.369 e. The van der Waals surface area contributed by atoms with E-state index in [2.05, 4.69) is 4.98 Å². The van der Waals surface area contributed by atoms with Gasteiger partial charge >= 0.3 is 0 Å². The Kier molecular flexibility index (Phi) is 2.65. The van der Waals surface area contributed by atoms with Crippen LogP contribution in [-0.4, -0.2) is 9.55 Å². The molecule has 0 fully saturated rings. The summed E-state index contributed by atoms with van der Waals surface area (Å²) >= 11 is 12.1. The molecule has 1 aromatic heterocycles. The average molecular weight is 278 g/mol. The number of hydrogen-bond acceptors (Lipinski definition) is 2. The molecule has 0 saturated heterocycles. The molecule has 3 rings (SSSR count). The summed E-state index contributed by atoms with van der Waals surface area (Å²) in [6, 6.07) is 13.0. The van der Waals surface area contributed by atoms with Crippen molar-refractivity contribution in [2.24, 2.45) is 0 Å². The van der Waals surface area contributed by atoms with Crippen LogP contribution in [0.1, 0.15) is 0 Å². The highest BCUT2D eigenvalue weighted by Gasteiger charge is 2.12. The van der Waals surface area contributed by atoms with Crippen LogP contribution in [0.25, 0.3) is 16.7 Å². The molecule has 0 atom stereocenters. The minimum absolute atomic E-state index is 0.389. The molecule has 1 heterocycles. The molecule has 2 aromatic carbocycles. The van der Waals surface area contributed by atoms with Crippen LogP contribution in [0.15, 0.2) is 42.5 Å². The van der Waals surface area contributed by atoms with Crippen molar-refractivity contribution in [2.75, 3.05) is 5.73 Å². The lowest BCUT2D eigenvalue weighted by atomic mass is 10.3. The molecule has 0 aliphatic rings. The van der Waals surface area contributed by atoms with E-state index in [-0.39, 0.29) is 0 Å². The zero-order chi connectivity index (χ0) is 12.7. The third-order valence-electron chi connectivity index (χ3n) is 2.74. The lowest BCUT2D eigenvalue weighted by molar-refractivity contribution is 1.11. The Labute approximate surface area is 114 Å². The zero-order valence-electron chi connectivity index (χ0n) is 9.27. The number of nitrogen functional groups attached to an aromatic ring is 1. The second-order valence-electron chi connectivity index (χ2n) is 3.89. The molecule has 90 valence electrons. The lowest BCUT2D eigenvalue weighted by Crippen LogP contribution is -2.00. The number of imidazole rings is 1. The van der Waals surface area contributed by atoms with Crippen molar-refractivity contribution in [2.45, 2.75) is 0 Å². The lowest BCUT2D eigenvalue weighted by Gasteiger charge is -2.08. The molecule has 5 heteroatoms. The van der Waals surface area contributed by atoms with Crippen LogP contribution < -0.4 is 5.73 Å². The number of nitrogens with zero attached hydrogens (tertiary/aromatic N) is 2. The summed E-state index contributed by atoms with van der Waals surface area (Å²) in [4.78, 5) is 4.29. The number of benzene rings is 2. The fourth-order valence-corrected chi connectivity index (χ4v) is 2.34. The van der Waals surface area contributed by atoms with Crippen LogP contribution in [0, 0.1) is 0 Å². The summed E-state index contributed by atoms with van der Waals surface area (Å²) in [5.41, 5.74) is 8.39. The number of anilines is 1. The van der Waals surface area contributed by atoms with Gasteiger partial charge in [0.05, 0.1) is 21.7 Å². The van der Waals surface area contributed by atoms with Gasteiger partial charge in [-0.25, -0.2) is 4.98 Å². The first-order valence-corrected chi connectivity index (χ1v) is 6.11. The maximum absolute atomic E-state index is 6.19. The maximum atomic E-state index is 6.19. The Bertz CT molecular complexity index is 734. The number of nitrogens with two attached hydrogens (primary N) is 1. The van der Waals surface area contributed by atoms with Gasteiger partial charge in [-0.2, -0.15) is 0 Å². The van der Waals surface area contributed by atoms with Gasteiger partial charge in [0.15, 0.2) is 0 Å².